The van der Waals surface area contributed by atoms with E-state index < -0.39 is 11.7 Å². The molecule has 3 N–H and O–H groups in total. The molecule has 4 aromatic rings. The van der Waals surface area contributed by atoms with Gasteiger partial charge in [0, 0.05) is 13.1 Å². The molecule has 10 heteroatoms. The van der Waals surface area contributed by atoms with Gasteiger partial charge in [-0.25, -0.2) is 14.4 Å². The second-order valence-electron chi connectivity index (χ2n) is 6.65. The van der Waals surface area contributed by atoms with Crippen molar-refractivity contribution in [3.8, 4) is 5.75 Å². The molecule has 0 radical (unpaired) electrons. The summed E-state index contributed by atoms with van der Waals surface area (Å²) in [7, 11) is 1.62. The summed E-state index contributed by atoms with van der Waals surface area (Å²) in [5.74, 6) is 0.354. The van der Waals surface area contributed by atoms with E-state index in [9.17, 15) is 9.18 Å². The quantitative estimate of drug-likeness (QED) is 0.405. The lowest BCUT2D eigenvalue weighted by molar-refractivity contribution is 0.0947. The summed E-state index contributed by atoms with van der Waals surface area (Å²) in [6, 6.07) is 11.9. The zero-order valence-electron chi connectivity index (χ0n) is 16.4. The highest BCUT2D eigenvalue weighted by Gasteiger charge is 2.17. The number of nitrogens with one attached hydrogen (secondary N) is 3. The van der Waals surface area contributed by atoms with Crippen molar-refractivity contribution in [2.45, 2.75) is 13.1 Å². The average molecular weight is 441 g/mol. The number of halogens is 2. The summed E-state index contributed by atoms with van der Waals surface area (Å²) >= 11 is 5.78. The van der Waals surface area contributed by atoms with Gasteiger partial charge in [0.05, 0.1) is 12.1 Å². The van der Waals surface area contributed by atoms with Gasteiger partial charge >= 0.3 is 0 Å². The fourth-order valence-corrected chi connectivity index (χ4v) is 3.18. The maximum Gasteiger partial charge on any atom is 0.272 e. The number of anilines is 1. The molecule has 0 aliphatic rings. The number of ether oxygens (including phenoxy) is 1. The first kappa shape index (κ1) is 20.5. The first-order valence-corrected chi connectivity index (χ1v) is 9.71. The normalized spacial score (nSPS) is 10.8. The molecule has 158 valence electrons. The number of nitrogens with zero attached hydrogens (tertiary/aromatic N) is 3. The molecular formula is C21H18ClFN6O2. The molecule has 2 heterocycles. The lowest BCUT2D eigenvalue weighted by Gasteiger charge is -2.07. The monoisotopic (exact) mass is 440 g/mol. The van der Waals surface area contributed by atoms with Gasteiger partial charge in [-0.15, -0.1) is 0 Å². The SMILES string of the molecule is COc1ccc(CNc2n[nH]c3c(C(=O)NCc4ccc(F)c(Cl)c4)ncnc23)cc1. The zero-order chi connectivity index (χ0) is 21.8. The number of aromatic nitrogens is 4. The molecule has 0 aliphatic heterocycles. The summed E-state index contributed by atoms with van der Waals surface area (Å²) in [6.07, 6.45) is 1.31. The van der Waals surface area contributed by atoms with Crippen molar-refractivity contribution in [2.24, 2.45) is 0 Å². The number of rotatable bonds is 7. The van der Waals surface area contributed by atoms with E-state index in [1.54, 1.807) is 13.2 Å². The highest BCUT2D eigenvalue weighted by atomic mass is 35.5. The van der Waals surface area contributed by atoms with Crippen molar-refractivity contribution in [3.05, 3.63) is 76.5 Å². The number of aromatic amines is 1. The molecule has 0 bridgehead atoms. The van der Waals surface area contributed by atoms with Crippen LogP contribution in [0.4, 0.5) is 10.2 Å². The van der Waals surface area contributed by atoms with E-state index in [2.05, 4.69) is 30.8 Å². The zero-order valence-corrected chi connectivity index (χ0v) is 17.2. The summed E-state index contributed by atoms with van der Waals surface area (Å²) in [4.78, 5) is 21.0. The number of amides is 1. The molecule has 0 saturated heterocycles. The molecule has 0 aliphatic carbocycles. The van der Waals surface area contributed by atoms with Gasteiger partial charge < -0.3 is 15.4 Å². The van der Waals surface area contributed by atoms with Crippen LogP contribution >= 0.6 is 11.6 Å². The number of carbonyl (C=O) groups is 1. The van der Waals surface area contributed by atoms with Crippen molar-refractivity contribution < 1.29 is 13.9 Å². The summed E-state index contributed by atoms with van der Waals surface area (Å²) in [6.45, 7) is 0.682. The van der Waals surface area contributed by atoms with Crippen molar-refractivity contribution in [2.75, 3.05) is 12.4 Å². The Morgan fingerprint density at radius 1 is 1.13 bits per heavy atom. The van der Waals surface area contributed by atoms with Crippen LogP contribution in [0.25, 0.3) is 11.0 Å². The van der Waals surface area contributed by atoms with Crippen LogP contribution in [-0.2, 0) is 13.1 Å². The van der Waals surface area contributed by atoms with E-state index in [4.69, 9.17) is 16.3 Å². The van der Waals surface area contributed by atoms with E-state index in [0.717, 1.165) is 11.3 Å². The second kappa shape index (κ2) is 8.97. The average Bonchev–Trinajstić information content (AvgIpc) is 3.22. The topological polar surface area (TPSA) is 105 Å². The van der Waals surface area contributed by atoms with Crippen LogP contribution in [0.15, 0.2) is 48.8 Å². The minimum Gasteiger partial charge on any atom is -0.497 e. The summed E-state index contributed by atoms with van der Waals surface area (Å²) < 4.78 is 18.4. The third-order valence-electron chi connectivity index (χ3n) is 4.62. The third kappa shape index (κ3) is 4.56. The predicted octanol–water partition coefficient (Wildman–Crippen LogP) is 3.70. The van der Waals surface area contributed by atoms with Crippen molar-refractivity contribution >= 4 is 34.4 Å². The van der Waals surface area contributed by atoms with Gasteiger partial charge in [0.2, 0.25) is 0 Å². The molecule has 0 unspecified atom stereocenters. The largest absolute Gasteiger partial charge is 0.497 e. The van der Waals surface area contributed by atoms with Crippen LogP contribution in [0.3, 0.4) is 0 Å². The van der Waals surface area contributed by atoms with Gasteiger partial charge in [0.1, 0.15) is 28.9 Å². The maximum absolute atomic E-state index is 13.3. The second-order valence-corrected chi connectivity index (χ2v) is 7.06. The number of methoxy groups -OCH3 is 1. The Morgan fingerprint density at radius 2 is 1.90 bits per heavy atom. The van der Waals surface area contributed by atoms with E-state index >= 15 is 0 Å². The van der Waals surface area contributed by atoms with E-state index in [0.29, 0.717) is 29.0 Å². The Balaban J connectivity index is 1.46. The van der Waals surface area contributed by atoms with E-state index in [-0.39, 0.29) is 17.3 Å². The molecule has 1 amide bonds. The highest BCUT2D eigenvalue weighted by Crippen LogP contribution is 2.21. The van der Waals surface area contributed by atoms with Gasteiger partial charge in [-0.05, 0) is 35.4 Å². The van der Waals surface area contributed by atoms with Gasteiger partial charge in [0.15, 0.2) is 11.5 Å². The first-order chi connectivity index (χ1) is 15.0. The summed E-state index contributed by atoms with van der Waals surface area (Å²) in [5.41, 5.74) is 2.76. The molecule has 31 heavy (non-hydrogen) atoms. The van der Waals surface area contributed by atoms with Crippen LogP contribution in [0.5, 0.6) is 5.75 Å². The fraction of sp³-hybridized carbons (Fsp3) is 0.143. The van der Waals surface area contributed by atoms with Gasteiger partial charge in [-0.1, -0.05) is 29.8 Å². The van der Waals surface area contributed by atoms with Crippen LogP contribution in [-0.4, -0.2) is 33.2 Å². The molecule has 0 saturated carbocycles. The van der Waals surface area contributed by atoms with Crippen LogP contribution in [0.1, 0.15) is 21.6 Å². The molecular weight excluding hydrogens is 423 g/mol. The third-order valence-corrected chi connectivity index (χ3v) is 4.91. The minimum atomic E-state index is -0.513. The Morgan fingerprint density at radius 3 is 2.65 bits per heavy atom. The molecule has 4 rings (SSSR count). The smallest absolute Gasteiger partial charge is 0.272 e. The molecule has 2 aromatic heterocycles. The number of benzene rings is 2. The molecule has 0 spiro atoms. The molecule has 0 fully saturated rings. The van der Waals surface area contributed by atoms with Crippen molar-refractivity contribution in [1.29, 1.82) is 0 Å². The fourth-order valence-electron chi connectivity index (χ4n) is 2.98. The standard InChI is InChI=1S/C21H18ClFN6O2/c1-31-14-5-2-12(3-6-14)9-24-20-18-17(28-29-20)19(27-11-26-18)21(30)25-10-13-4-7-16(23)15(22)8-13/h2-8,11H,9-10H2,1H3,(H,25,30)(H2,24,28,29). The Labute approximate surface area is 181 Å². The van der Waals surface area contributed by atoms with Crippen LogP contribution < -0.4 is 15.4 Å². The minimum absolute atomic E-state index is 0.00248. The molecule has 2 aromatic carbocycles. The van der Waals surface area contributed by atoms with Crippen molar-refractivity contribution in [1.82, 2.24) is 25.5 Å². The Kier molecular flexibility index (Phi) is 5.94. The Hall–Kier alpha value is -3.72. The van der Waals surface area contributed by atoms with Gasteiger partial charge in [0.25, 0.3) is 5.91 Å². The van der Waals surface area contributed by atoms with Crippen LogP contribution in [0, 0.1) is 5.82 Å². The highest BCUT2D eigenvalue weighted by molar-refractivity contribution is 6.30. The van der Waals surface area contributed by atoms with E-state index in [1.165, 1.54) is 18.5 Å². The van der Waals surface area contributed by atoms with Gasteiger partial charge in [-0.3, -0.25) is 9.89 Å². The van der Waals surface area contributed by atoms with Gasteiger partial charge in [-0.2, -0.15) is 5.10 Å². The molecule has 0 atom stereocenters. The number of fused-ring (bicyclic) bond motifs is 1. The number of hydrogen-bond acceptors (Lipinski definition) is 6. The Bertz CT molecular complexity index is 1230. The van der Waals surface area contributed by atoms with Crippen LogP contribution in [0.2, 0.25) is 5.02 Å². The first-order valence-electron chi connectivity index (χ1n) is 9.33. The summed E-state index contributed by atoms with van der Waals surface area (Å²) in [5, 5.41) is 13.0. The van der Waals surface area contributed by atoms with Crippen molar-refractivity contribution in [3.63, 3.8) is 0 Å². The predicted molar refractivity (Wildman–Crippen MR) is 115 cm³/mol. The number of hydrogen-bond donors (Lipinski definition) is 3. The van der Waals surface area contributed by atoms with E-state index in [1.807, 2.05) is 24.3 Å². The lowest BCUT2D eigenvalue weighted by atomic mass is 10.2. The number of H-pyrrole nitrogens is 1. The lowest BCUT2D eigenvalue weighted by Crippen LogP contribution is -2.24. The molecule has 8 nitrogen and oxygen atoms in total. The number of carbonyl (C=O) groups excluding carboxylic acids is 1. The maximum atomic E-state index is 13.3.